The molecule has 0 unspecified atom stereocenters. The lowest BCUT2D eigenvalue weighted by molar-refractivity contribution is 0.0953. The standard InChI is InChI=1S/C10H11Cl2NO/c1-2-3-13-10(14)7-4-8(11)6-9(12)5-7/h4-6H,2-3H2,1H3,(H,13,14). The highest BCUT2D eigenvalue weighted by Crippen LogP contribution is 2.18. The van der Waals surface area contributed by atoms with Crippen molar-refractivity contribution in [2.75, 3.05) is 6.54 Å². The van der Waals surface area contributed by atoms with Gasteiger partial charge in [0.25, 0.3) is 5.91 Å². The monoisotopic (exact) mass is 231 g/mol. The van der Waals surface area contributed by atoms with Crippen LogP contribution in [0.25, 0.3) is 0 Å². The maximum absolute atomic E-state index is 11.5. The van der Waals surface area contributed by atoms with Crippen molar-refractivity contribution in [3.05, 3.63) is 33.8 Å². The van der Waals surface area contributed by atoms with E-state index in [0.717, 1.165) is 6.42 Å². The van der Waals surface area contributed by atoms with E-state index < -0.39 is 0 Å². The van der Waals surface area contributed by atoms with Gasteiger partial charge in [0.15, 0.2) is 0 Å². The van der Waals surface area contributed by atoms with E-state index in [1.807, 2.05) is 6.92 Å². The van der Waals surface area contributed by atoms with Crippen molar-refractivity contribution in [2.45, 2.75) is 13.3 Å². The molecule has 0 bridgehead atoms. The molecule has 0 saturated heterocycles. The number of halogens is 2. The summed E-state index contributed by atoms with van der Waals surface area (Å²) in [5, 5.41) is 3.69. The lowest BCUT2D eigenvalue weighted by Crippen LogP contribution is -2.23. The van der Waals surface area contributed by atoms with Gasteiger partial charge in [0.1, 0.15) is 0 Å². The van der Waals surface area contributed by atoms with Crippen molar-refractivity contribution in [1.82, 2.24) is 5.32 Å². The van der Waals surface area contributed by atoms with Crippen LogP contribution in [0, 0.1) is 0 Å². The molecule has 1 aromatic carbocycles. The summed E-state index contributed by atoms with van der Waals surface area (Å²) in [7, 11) is 0. The van der Waals surface area contributed by atoms with Crippen LogP contribution in [0.4, 0.5) is 0 Å². The van der Waals surface area contributed by atoms with Crippen molar-refractivity contribution in [3.63, 3.8) is 0 Å². The molecule has 4 heteroatoms. The van der Waals surface area contributed by atoms with Crippen molar-refractivity contribution in [3.8, 4) is 0 Å². The lowest BCUT2D eigenvalue weighted by atomic mass is 10.2. The van der Waals surface area contributed by atoms with Gasteiger partial charge >= 0.3 is 0 Å². The molecule has 0 aliphatic carbocycles. The molecule has 2 nitrogen and oxygen atoms in total. The first-order valence-electron chi connectivity index (χ1n) is 4.37. The minimum atomic E-state index is -0.142. The highest BCUT2D eigenvalue weighted by molar-refractivity contribution is 6.35. The number of nitrogens with one attached hydrogen (secondary N) is 1. The van der Waals surface area contributed by atoms with Crippen LogP contribution in [0.5, 0.6) is 0 Å². The summed E-state index contributed by atoms with van der Waals surface area (Å²) in [5.41, 5.74) is 0.496. The first kappa shape index (κ1) is 11.3. The molecule has 1 N–H and O–H groups in total. The van der Waals surface area contributed by atoms with Gasteiger partial charge in [-0.1, -0.05) is 30.1 Å². The van der Waals surface area contributed by atoms with Gasteiger partial charge in [0.05, 0.1) is 0 Å². The molecule has 0 aromatic heterocycles. The van der Waals surface area contributed by atoms with Crippen LogP contribution in [0.15, 0.2) is 18.2 Å². The fourth-order valence-corrected chi connectivity index (χ4v) is 1.55. The van der Waals surface area contributed by atoms with E-state index >= 15 is 0 Å². The third-order valence-electron chi connectivity index (χ3n) is 1.66. The van der Waals surface area contributed by atoms with E-state index in [2.05, 4.69) is 5.32 Å². The summed E-state index contributed by atoms with van der Waals surface area (Å²) in [6, 6.07) is 4.79. The average molecular weight is 232 g/mol. The molecule has 1 aromatic rings. The normalized spacial score (nSPS) is 9.93. The maximum Gasteiger partial charge on any atom is 0.251 e. The number of hydrogen-bond donors (Lipinski definition) is 1. The first-order valence-corrected chi connectivity index (χ1v) is 5.13. The topological polar surface area (TPSA) is 29.1 Å². The maximum atomic E-state index is 11.5. The quantitative estimate of drug-likeness (QED) is 0.852. The number of rotatable bonds is 3. The second kappa shape index (κ2) is 5.23. The molecule has 1 amide bonds. The molecule has 0 saturated carbocycles. The van der Waals surface area contributed by atoms with Gasteiger partial charge in [-0.3, -0.25) is 4.79 Å². The summed E-state index contributed by atoms with van der Waals surface area (Å²) in [6.07, 6.45) is 0.903. The second-order valence-electron chi connectivity index (χ2n) is 2.91. The second-order valence-corrected chi connectivity index (χ2v) is 3.79. The van der Waals surface area contributed by atoms with Crippen molar-refractivity contribution < 1.29 is 4.79 Å². The predicted octanol–water partition coefficient (Wildman–Crippen LogP) is 3.13. The summed E-state index contributed by atoms with van der Waals surface area (Å²) in [6.45, 7) is 2.65. The minimum Gasteiger partial charge on any atom is -0.352 e. The molecule has 76 valence electrons. The Kier molecular flexibility index (Phi) is 4.23. The molecule has 0 radical (unpaired) electrons. The molecule has 0 fully saturated rings. The highest BCUT2D eigenvalue weighted by atomic mass is 35.5. The summed E-state index contributed by atoms with van der Waals surface area (Å²) >= 11 is 11.5. The van der Waals surface area contributed by atoms with E-state index in [4.69, 9.17) is 23.2 Å². The van der Waals surface area contributed by atoms with Crippen molar-refractivity contribution in [2.24, 2.45) is 0 Å². The Labute approximate surface area is 93.2 Å². The highest BCUT2D eigenvalue weighted by Gasteiger charge is 2.06. The van der Waals surface area contributed by atoms with E-state index in [1.54, 1.807) is 18.2 Å². The van der Waals surface area contributed by atoms with E-state index in [1.165, 1.54) is 0 Å². The van der Waals surface area contributed by atoms with Crippen LogP contribution in [-0.4, -0.2) is 12.5 Å². The molecule has 0 aliphatic heterocycles. The Morgan fingerprint density at radius 2 is 1.86 bits per heavy atom. The Bertz CT molecular complexity index is 319. The van der Waals surface area contributed by atoms with Crippen LogP contribution in [0.2, 0.25) is 10.0 Å². The van der Waals surface area contributed by atoms with Gasteiger partial charge in [-0.05, 0) is 24.6 Å². The fourth-order valence-electron chi connectivity index (χ4n) is 1.03. The van der Waals surface area contributed by atoms with E-state index in [0.29, 0.717) is 22.2 Å². The zero-order valence-electron chi connectivity index (χ0n) is 7.81. The predicted molar refractivity (Wildman–Crippen MR) is 59.1 cm³/mol. The third kappa shape index (κ3) is 3.20. The molecule has 0 atom stereocenters. The van der Waals surface area contributed by atoms with Gasteiger partial charge in [-0.15, -0.1) is 0 Å². The Morgan fingerprint density at radius 1 is 1.29 bits per heavy atom. The minimum absolute atomic E-state index is 0.142. The molecule has 0 aliphatic rings. The van der Waals surface area contributed by atoms with Gasteiger partial charge in [0, 0.05) is 22.2 Å². The molecule has 0 heterocycles. The number of amides is 1. The molecular formula is C10H11Cl2NO. The summed E-state index contributed by atoms with van der Waals surface area (Å²) in [5.74, 6) is -0.142. The Balaban J connectivity index is 2.79. The summed E-state index contributed by atoms with van der Waals surface area (Å²) < 4.78 is 0. The van der Waals surface area contributed by atoms with Gasteiger partial charge in [0.2, 0.25) is 0 Å². The van der Waals surface area contributed by atoms with Crippen molar-refractivity contribution >= 4 is 29.1 Å². The molecular weight excluding hydrogens is 221 g/mol. The number of hydrogen-bond acceptors (Lipinski definition) is 1. The van der Waals surface area contributed by atoms with Crippen molar-refractivity contribution in [1.29, 1.82) is 0 Å². The zero-order valence-corrected chi connectivity index (χ0v) is 9.32. The number of carbonyl (C=O) groups is 1. The van der Waals surface area contributed by atoms with E-state index in [9.17, 15) is 4.79 Å². The first-order chi connectivity index (χ1) is 6.63. The SMILES string of the molecule is CCCNC(=O)c1cc(Cl)cc(Cl)c1. The number of carbonyl (C=O) groups excluding carboxylic acids is 1. The molecule has 0 spiro atoms. The van der Waals surface area contributed by atoms with Crippen LogP contribution < -0.4 is 5.32 Å². The Morgan fingerprint density at radius 3 is 2.36 bits per heavy atom. The van der Waals surface area contributed by atoms with Gasteiger partial charge in [-0.25, -0.2) is 0 Å². The van der Waals surface area contributed by atoms with Crippen LogP contribution in [0.1, 0.15) is 23.7 Å². The fraction of sp³-hybridized carbons (Fsp3) is 0.300. The molecule has 1 rings (SSSR count). The van der Waals surface area contributed by atoms with Crippen LogP contribution >= 0.6 is 23.2 Å². The van der Waals surface area contributed by atoms with E-state index in [-0.39, 0.29) is 5.91 Å². The third-order valence-corrected chi connectivity index (χ3v) is 2.10. The van der Waals surface area contributed by atoms with Gasteiger partial charge < -0.3 is 5.32 Å². The lowest BCUT2D eigenvalue weighted by Gasteiger charge is -2.04. The Hall–Kier alpha value is -0.730. The number of benzene rings is 1. The summed E-state index contributed by atoms with van der Waals surface area (Å²) in [4.78, 5) is 11.5. The smallest absolute Gasteiger partial charge is 0.251 e. The van der Waals surface area contributed by atoms with Crippen LogP contribution in [0.3, 0.4) is 0 Å². The molecule has 14 heavy (non-hydrogen) atoms. The average Bonchev–Trinajstić information content (AvgIpc) is 2.12. The largest absolute Gasteiger partial charge is 0.352 e. The zero-order chi connectivity index (χ0) is 10.6. The van der Waals surface area contributed by atoms with Crippen LogP contribution in [-0.2, 0) is 0 Å². The van der Waals surface area contributed by atoms with Gasteiger partial charge in [-0.2, -0.15) is 0 Å².